The molecule has 0 saturated heterocycles. The fraction of sp³-hybridized carbons (Fsp3) is 0.0213. The molecule has 0 radical (unpaired) electrons. The van der Waals surface area contributed by atoms with Gasteiger partial charge in [-0.3, -0.25) is 0 Å². The molecule has 8 aromatic rings. The predicted octanol–water partition coefficient (Wildman–Crippen LogP) is 12.9. The zero-order valence-corrected chi connectivity index (χ0v) is 27.5. The molecule has 0 bridgehead atoms. The molecule has 0 amide bonds. The molecule has 1 heterocycles. The third kappa shape index (κ3) is 5.64. The summed E-state index contributed by atoms with van der Waals surface area (Å²) < 4.78 is 2.40. The van der Waals surface area contributed by atoms with Crippen LogP contribution in [0.25, 0.3) is 55.0 Å². The number of hydrogen-bond donors (Lipinski definition) is 0. The van der Waals surface area contributed by atoms with Crippen LogP contribution in [0, 0.1) is 0 Å². The van der Waals surface area contributed by atoms with Crippen LogP contribution in [-0.2, 0) is 0 Å². The minimum atomic E-state index is 0.967. The van der Waals surface area contributed by atoms with Crippen molar-refractivity contribution >= 4 is 49.5 Å². The number of rotatable bonds is 8. The summed E-state index contributed by atoms with van der Waals surface area (Å²) >= 11 is 0. The van der Waals surface area contributed by atoms with Gasteiger partial charge in [0.1, 0.15) is 0 Å². The molecule has 234 valence electrons. The molecule has 0 aliphatic rings. The molecule has 0 unspecified atom stereocenters. The zero-order valence-electron chi connectivity index (χ0n) is 27.5. The number of nitrogens with zero attached hydrogens (tertiary/aromatic N) is 2. The first kappa shape index (κ1) is 30.0. The third-order valence-electron chi connectivity index (χ3n) is 9.29. The van der Waals surface area contributed by atoms with E-state index in [9.17, 15) is 0 Å². The van der Waals surface area contributed by atoms with Crippen LogP contribution in [-0.4, -0.2) is 4.57 Å². The van der Waals surface area contributed by atoms with Crippen molar-refractivity contribution in [3.8, 4) is 16.8 Å². The Hall–Kier alpha value is -6.38. The Kier molecular flexibility index (Phi) is 7.97. The lowest BCUT2D eigenvalue weighted by Gasteiger charge is -2.27. The van der Waals surface area contributed by atoms with Gasteiger partial charge in [0.15, 0.2) is 0 Å². The van der Waals surface area contributed by atoms with E-state index in [0.717, 1.165) is 33.9 Å². The number of hydrogen-bond acceptors (Lipinski definition) is 1. The summed E-state index contributed by atoms with van der Waals surface area (Å²) in [6.07, 6.45) is 6.44. The van der Waals surface area contributed by atoms with Crippen molar-refractivity contribution in [1.29, 1.82) is 0 Å². The van der Waals surface area contributed by atoms with Crippen LogP contribution in [0.15, 0.2) is 200 Å². The van der Waals surface area contributed by atoms with Gasteiger partial charge in [-0.05, 0) is 83.1 Å². The van der Waals surface area contributed by atoms with Gasteiger partial charge >= 0.3 is 0 Å². The third-order valence-corrected chi connectivity index (χ3v) is 9.29. The molecule has 2 heteroatoms. The minimum absolute atomic E-state index is 0.967. The molecule has 7 aromatic carbocycles. The number of benzene rings is 7. The van der Waals surface area contributed by atoms with Crippen LogP contribution in [0.2, 0.25) is 0 Å². The van der Waals surface area contributed by atoms with Crippen LogP contribution in [0.3, 0.4) is 0 Å². The smallest absolute Gasteiger partial charge is 0.0619 e. The maximum atomic E-state index is 4.37. The fourth-order valence-corrected chi connectivity index (χ4v) is 6.88. The van der Waals surface area contributed by atoms with Crippen molar-refractivity contribution in [2.45, 2.75) is 6.92 Å². The summed E-state index contributed by atoms with van der Waals surface area (Å²) in [5.74, 6) is 0. The first-order chi connectivity index (χ1) is 24.2. The van der Waals surface area contributed by atoms with E-state index < -0.39 is 0 Å². The fourth-order valence-electron chi connectivity index (χ4n) is 6.88. The monoisotopic (exact) mass is 628 g/mol. The van der Waals surface area contributed by atoms with Crippen molar-refractivity contribution in [2.24, 2.45) is 0 Å². The van der Waals surface area contributed by atoms with Gasteiger partial charge in [-0.1, -0.05) is 146 Å². The topological polar surface area (TPSA) is 8.17 Å². The van der Waals surface area contributed by atoms with Crippen LogP contribution in [0.1, 0.15) is 12.5 Å². The van der Waals surface area contributed by atoms with E-state index in [1.807, 2.05) is 6.07 Å². The lowest BCUT2D eigenvalue weighted by molar-refractivity contribution is 1.18. The van der Waals surface area contributed by atoms with E-state index in [2.05, 4.69) is 205 Å². The lowest BCUT2D eigenvalue weighted by atomic mass is 10.0. The molecule has 0 saturated carbocycles. The second kappa shape index (κ2) is 13.0. The SMILES string of the molecule is C=C(/C=C\C(=C/C)N(c1ccc(-c2ccccc2)cc1)c1ccc2c(ccc3c4ccccc4n(-c4ccccc4)c23)c1)c1ccccc1. The van der Waals surface area contributed by atoms with Crippen LogP contribution in [0.5, 0.6) is 0 Å². The molecule has 0 spiro atoms. The van der Waals surface area contributed by atoms with Gasteiger partial charge in [0.25, 0.3) is 0 Å². The number of anilines is 2. The van der Waals surface area contributed by atoms with Gasteiger partial charge in [0, 0.05) is 38.9 Å². The van der Waals surface area contributed by atoms with Crippen LogP contribution >= 0.6 is 0 Å². The number of fused-ring (bicyclic) bond motifs is 5. The van der Waals surface area contributed by atoms with Crippen molar-refractivity contribution in [1.82, 2.24) is 4.57 Å². The highest BCUT2D eigenvalue weighted by Crippen LogP contribution is 2.40. The molecule has 0 aliphatic heterocycles. The van der Waals surface area contributed by atoms with Crippen molar-refractivity contribution < 1.29 is 0 Å². The van der Waals surface area contributed by atoms with Gasteiger partial charge in [-0.15, -0.1) is 0 Å². The summed E-state index contributed by atoms with van der Waals surface area (Å²) in [6, 6.07) is 60.5. The molecule has 1 aromatic heterocycles. The normalized spacial score (nSPS) is 11.9. The quantitative estimate of drug-likeness (QED) is 0.152. The standard InChI is InChI=1S/C47H36N2/c1-3-39(27-23-34(2)35-15-7-4-8-16-35)48(41-28-24-37(25-29-41)36-17-9-5-10-18-36)42-30-32-43-38(33-42)26-31-45-44-21-13-14-22-46(44)49(47(43)45)40-19-11-6-12-20-40/h3-33H,2H2,1H3/b27-23-,39-3+. The summed E-state index contributed by atoms with van der Waals surface area (Å²) in [5, 5.41) is 4.91. The average molecular weight is 629 g/mol. The van der Waals surface area contributed by atoms with Gasteiger partial charge in [-0.2, -0.15) is 0 Å². The molecule has 0 atom stereocenters. The van der Waals surface area contributed by atoms with Crippen molar-refractivity contribution in [2.75, 3.05) is 4.90 Å². The average Bonchev–Trinajstić information content (AvgIpc) is 3.52. The Labute approximate surface area is 287 Å². The van der Waals surface area contributed by atoms with E-state index in [1.165, 1.54) is 43.7 Å². The van der Waals surface area contributed by atoms with Crippen LogP contribution in [0.4, 0.5) is 11.4 Å². The Morgan fingerprint density at radius 2 is 1.16 bits per heavy atom. The molecule has 2 nitrogen and oxygen atoms in total. The maximum Gasteiger partial charge on any atom is 0.0619 e. The summed E-state index contributed by atoms with van der Waals surface area (Å²) in [7, 11) is 0. The zero-order chi connectivity index (χ0) is 33.2. The van der Waals surface area contributed by atoms with Gasteiger partial charge in [0.05, 0.1) is 11.0 Å². The first-order valence-electron chi connectivity index (χ1n) is 16.8. The molecular weight excluding hydrogens is 593 g/mol. The Morgan fingerprint density at radius 1 is 0.551 bits per heavy atom. The lowest BCUT2D eigenvalue weighted by Crippen LogP contribution is -2.15. The first-order valence-corrected chi connectivity index (χ1v) is 16.8. The number of para-hydroxylation sites is 2. The highest BCUT2D eigenvalue weighted by atomic mass is 15.1. The van der Waals surface area contributed by atoms with Crippen molar-refractivity contribution in [3.05, 3.63) is 206 Å². The molecule has 0 fully saturated rings. The van der Waals surface area contributed by atoms with Gasteiger partial charge in [-0.25, -0.2) is 0 Å². The van der Waals surface area contributed by atoms with E-state index >= 15 is 0 Å². The van der Waals surface area contributed by atoms with Crippen LogP contribution < -0.4 is 4.90 Å². The highest BCUT2D eigenvalue weighted by Gasteiger charge is 2.18. The predicted molar refractivity (Wildman–Crippen MR) is 211 cm³/mol. The van der Waals surface area contributed by atoms with Gasteiger partial charge in [0.2, 0.25) is 0 Å². The second-order valence-corrected chi connectivity index (χ2v) is 12.2. The Morgan fingerprint density at radius 3 is 1.90 bits per heavy atom. The molecule has 0 N–H and O–H groups in total. The van der Waals surface area contributed by atoms with Gasteiger partial charge < -0.3 is 9.47 Å². The Balaban J connectivity index is 1.28. The van der Waals surface area contributed by atoms with E-state index in [1.54, 1.807) is 0 Å². The maximum absolute atomic E-state index is 4.37. The number of aromatic nitrogens is 1. The number of allylic oxidation sites excluding steroid dienone is 4. The van der Waals surface area contributed by atoms with Crippen molar-refractivity contribution in [3.63, 3.8) is 0 Å². The Bertz CT molecular complexity index is 2480. The second-order valence-electron chi connectivity index (χ2n) is 12.2. The van der Waals surface area contributed by atoms with E-state index in [4.69, 9.17) is 0 Å². The molecule has 8 rings (SSSR count). The minimum Gasteiger partial charge on any atom is -0.311 e. The van der Waals surface area contributed by atoms with E-state index in [-0.39, 0.29) is 0 Å². The largest absolute Gasteiger partial charge is 0.311 e. The van der Waals surface area contributed by atoms with E-state index in [0.29, 0.717) is 0 Å². The molecular formula is C47H36N2. The molecule has 49 heavy (non-hydrogen) atoms. The molecule has 0 aliphatic carbocycles. The summed E-state index contributed by atoms with van der Waals surface area (Å²) in [6.45, 7) is 6.46. The highest BCUT2D eigenvalue weighted by molar-refractivity contribution is 6.19. The summed E-state index contributed by atoms with van der Waals surface area (Å²) in [5.41, 5.74) is 11.3. The summed E-state index contributed by atoms with van der Waals surface area (Å²) in [4.78, 5) is 2.33.